The first-order valence-corrected chi connectivity index (χ1v) is 2.54. The second-order valence-corrected chi connectivity index (χ2v) is 1.57. The minimum absolute atomic E-state index is 0.361. The van der Waals surface area contributed by atoms with Gasteiger partial charge in [0.05, 0.1) is 7.11 Å². The van der Waals surface area contributed by atoms with Gasteiger partial charge in [-0.05, 0) is 18.7 Å². The predicted octanol–water partition coefficient (Wildman–Crippen LogP) is 0.291. The Labute approximate surface area is 53.1 Å². The van der Waals surface area contributed by atoms with Crippen LogP contribution < -0.4 is 4.84 Å². The molecule has 0 aliphatic heterocycles. The minimum atomic E-state index is -0.429. The molecule has 0 aromatic carbocycles. The van der Waals surface area contributed by atoms with Gasteiger partial charge in [0.15, 0.2) is 0 Å². The summed E-state index contributed by atoms with van der Waals surface area (Å²) in [6, 6.07) is -0.429. The number of hydrogen-bond donors (Lipinski definition) is 1. The maximum atomic E-state index is 10.4. The van der Waals surface area contributed by atoms with Gasteiger partial charge >= 0.3 is 5.97 Å². The third kappa shape index (κ3) is 2.14. The summed E-state index contributed by atoms with van der Waals surface area (Å²) < 4.78 is 4.32. The Kier molecular flexibility index (Phi) is 3.56. The van der Waals surface area contributed by atoms with Crippen molar-refractivity contribution in [2.24, 2.45) is 0 Å². The van der Waals surface area contributed by atoms with Crippen molar-refractivity contribution in [1.82, 2.24) is 4.84 Å². The van der Waals surface area contributed by atoms with Gasteiger partial charge in [0, 0.05) is 0 Å². The molecule has 0 rings (SSSR count). The molecule has 0 amide bonds. The Hall–Kier alpha value is -0.280. The number of esters is 1. The Morgan fingerprint density at radius 3 is 2.50 bits per heavy atom. The molecule has 0 aliphatic carbocycles. The maximum absolute atomic E-state index is 10.4. The monoisotopic (exact) mass is 137 g/mol. The zero-order valence-corrected chi connectivity index (χ0v) is 5.53. The van der Waals surface area contributed by atoms with E-state index in [9.17, 15) is 4.79 Å². The molecule has 0 unspecified atom stereocenters. The number of nitrogens with one attached hydrogen (secondary N) is 1. The Bertz CT molecular complexity index is 86.1. The second kappa shape index (κ2) is 3.69. The van der Waals surface area contributed by atoms with Crippen LogP contribution >= 0.6 is 11.8 Å². The molecule has 4 heteroatoms. The smallest absolute Gasteiger partial charge is 0.323 e. The molecule has 0 spiro atoms. The van der Waals surface area contributed by atoms with E-state index in [-0.39, 0.29) is 5.97 Å². The van der Waals surface area contributed by atoms with Crippen LogP contribution in [-0.4, -0.2) is 19.1 Å². The van der Waals surface area contributed by atoms with Crippen molar-refractivity contribution in [3.8, 4) is 0 Å². The largest absolute Gasteiger partial charge is 0.468 e. The molecule has 8 heavy (non-hydrogen) atoms. The van der Waals surface area contributed by atoms with Gasteiger partial charge in [-0.15, -0.1) is 0 Å². The molecule has 0 heterocycles. The van der Waals surface area contributed by atoms with Crippen molar-refractivity contribution in [3.05, 3.63) is 0 Å². The van der Waals surface area contributed by atoms with Gasteiger partial charge in [-0.3, -0.25) is 4.79 Å². The highest BCUT2D eigenvalue weighted by atomic mass is 35.5. The molecule has 3 nitrogen and oxygen atoms in total. The second-order valence-electron chi connectivity index (χ2n) is 1.35. The van der Waals surface area contributed by atoms with Crippen LogP contribution in [0.2, 0.25) is 0 Å². The molecule has 0 aliphatic rings. The summed E-state index contributed by atoms with van der Waals surface area (Å²) in [4.78, 5) is 12.6. The van der Waals surface area contributed by atoms with Crippen molar-refractivity contribution >= 4 is 17.7 Å². The third-order valence-electron chi connectivity index (χ3n) is 0.718. The average Bonchev–Trinajstić information content (AvgIpc) is 1.84. The Morgan fingerprint density at radius 1 is 1.88 bits per heavy atom. The third-order valence-corrected chi connectivity index (χ3v) is 1.05. The van der Waals surface area contributed by atoms with Crippen LogP contribution in [0.25, 0.3) is 0 Å². The fourth-order valence-corrected chi connectivity index (χ4v) is 0.310. The Balaban J connectivity index is 3.46. The first kappa shape index (κ1) is 7.72. The van der Waals surface area contributed by atoms with E-state index in [1.165, 1.54) is 7.11 Å². The van der Waals surface area contributed by atoms with E-state index in [1.807, 2.05) is 0 Å². The first-order valence-electron chi connectivity index (χ1n) is 2.16. The summed E-state index contributed by atoms with van der Waals surface area (Å²) in [6.45, 7) is 1.61. The number of halogens is 1. The summed E-state index contributed by atoms with van der Waals surface area (Å²) in [6.07, 6.45) is 0. The average molecular weight is 138 g/mol. The topological polar surface area (TPSA) is 38.3 Å². The van der Waals surface area contributed by atoms with E-state index in [4.69, 9.17) is 11.8 Å². The Morgan fingerprint density at radius 2 is 2.38 bits per heavy atom. The number of carbonyl (C=O) groups excluding carboxylic acids is 1. The van der Waals surface area contributed by atoms with E-state index < -0.39 is 6.04 Å². The SMILES string of the molecule is COC(=O)[C@@H](C)NCl. The zero-order valence-electron chi connectivity index (χ0n) is 4.77. The van der Waals surface area contributed by atoms with Crippen molar-refractivity contribution in [1.29, 1.82) is 0 Å². The van der Waals surface area contributed by atoms with Gasteiger partial charge in [-0.25, -0.2) is 4.84 Å². The summed E-state index contributed by atoms with van der Waals surface area (Å²) in [5, 5.41) is 0. The number of methoxy groups -OCH3 is 1. The van der Waals surface area contributed by atoms with Crippen molar-refractivity contribution in [2.75, 3.05) is 7.11 Å². The summed E-state index contributed by atoms with van der Waals surface area (Å²) in [7, 11) is 1.31. The van der Waals surface area contributed by atoms with Gasteiger partial charge in [0.1, 0.15) is 6.04 Å². The van der Waals surface area contributed by atoms with Gasteiger partial charge in [0.25, 0.3) is 0 Å². The van der Waals surface area contributed by atoms with Crippen LogP contribution in [0.5, 0.6) is 0 Å². The van der Waals surface area contributed by atoms with Crippen LogP contribution in [0.15, 0.2) is 0 Å². The van der Waals surface area contributed by atoms with Crippen LogP contribution in [0, 0.1) is 0 Å². The molecule has 0 bridgehead atoms. The van der Waals surface area contributed by atoms with Crippen LogP contribution in [0.4, 0.5) is 0 Å². The van der Waals surface area contributed by atoms with Gasteiger partial charge in [-0.1, -0.05) is 0 Å². The number of hydrogen-bond acceptors (Lipinski definition) is 3. The van der Waals surface area contributed by atoms with Crippen LogP contribution in [-0.2, 0) is 9.53 Å². The molecule has 0 radical (unpaired) electrons. The lowest BCUT2D eigenvalue weighted by Crippen LogP contribution is -2.28. The summed E-state index contributed by atoms with van der Waals surface area (Å²) in [5.41, 5.74) is 0. The fraction of sp³-hybridized carbons (Fsp3) is 0.750. The van der Waals surface area contributed by atoms with E-state index in [0.29, 0.717) is 0 Å². The summed E-state index contributed by atoms with van der Waals surface area (Å²) in [5.74, 6) is -0.361. The molecule has 0 aromatic heterocycles. The first-order chi connectivity index (χ1) is 3.72. The van der Waals surface area contributed by atoms with Crippen molar-refractivity contribution < 1.29 is 9.53 Å². The van der Waals surface area contributed by atoms with E-state index in [0.717, 1.165) is 0 Å². The minimum Gasteiger partial charge on any atom is -0.468 e. The van der Waals surface area contributed by atoms with E-state index >= 15 is 0 Å². The fourth-order valence-electron chi connectivity index (χ4n) is 0.221. The van der Waals surface area contributed by atoms with E-state index in [1.54, 1.807) is 6.92 Å². The highest BCUT2D eigenvalue weighted by Gasteiger charge is 2.09. The molecule has 48 valence electrons. The predicted molar refractivity (Wildman–Crippen MR) is 30.5 cm³/mol. The molecule has 0 saturated heterocycles. The highest BCUT2D eigenvalue weighted by Crippen LogP contribution is 1.84. The standard InChI is InChI=1S/C4H8ClNO2/c1-3(6-5)4(7)8-2/h3,6H,1-2H3/t3-/m1/s1. The number of ether oxygens (including phenoxy) is 1. The lowest BCUT2D eigenvalue weighted by molar-refractivity contribution is -0.142. The molecule has 1 atom stereocenters. The van der Waals surface area contributed by atoms with Crippen molar-refractivity contribution in [2.45, 2.75) is 13.0 Å². The maximum Gasteiger partial charge on any atom is 0.323 e. The molecule has 0 fully saturated rings. The molecule has 1 N–H and O–H groups in total. The zero-order chi connectivity index (χ0) is 6.57. The lowest BCUT2D eigenvalue weighted by atomic mass is 10.4. The summed E-state index contributed by atoms with van der Waals surface area (Å²) >= 11 is 5.07. The number of carbonyl (C=O) groups is 1. The lowest BCUT2D eigenvalue weighted by Gasteiger charge is -2.02. The van der Waals surface area contributed by atoms with Gasteiger partial charge in [-0.2, -0.15) is 0 Å². The molecular formula is C4H8ClNO2. The van der Waals surface area contributed by atoms with Crippen LogP contribution in [0.3, 0.4) is 0 Å². The van der Waals surface area contributed by atoms with Crippen LogP contribution in [0.1, 0.15) is 6.92 Å². The van der Waals surface area contributed by atoms with Crippen molar-refractivity contribution in [3.63, 3.8) is 0 Å². The normalized spacial score (nSPS) is 12.9. The highest BCUT2D eigenvalue weighted by molar-refractivity contribution is 6.14. The van der Waals surface area contributed by atoms with Gasteiger partial charge < -0.3 is 4.74 Å². The van der Waals surface area contributed by atoms with E-state index in [2.05, 4.69) is 9.57 Å². The van der Waals surface area contributed by atoms with Gasteiger partial charge in [0.2, 0.25) is 0 Å². The molecule has 0 aromatic rings. The number of rotatable bonds is 2. The molecule has 0 saturated carbocycles. The molecular weight excluding hydrogens is 130 g/mol. The quantitative estimate of drug-likeness (QED) is 0.439.